The number of hydrogen-bond donors (Lipinski definition) is 5. The molecule has 0 unspecified atom stereocenters. The summed E-state index contributed by atoms with van der Waals surface area (Å²) in [5, 5.41) is 34.6. The molecule has 7 heteroatoms. The molecule has 1 aromatic rings. The summed E-state index contributed by atoms with van der Waals surface area (Å²) in [7, 11) is 0. The molecule has 0 radical (unpaired) electrons. The van der Waals surface area contributed by atoms with Crippen LogP contribution in [0.2, 0.25) is 0 Å². The molecule has 0 saturated carbocycles. The highest BCUT2D eigenvalue weighted by Crippen LogP contribution is 2.30. The molecule has 0 atom stereocenters. The van der Waals surface area contributed by atoms with Crippen LogP contribution >= 0.6 is 0 Å². The molecule has 1 aromatic carbocycles. The van der Waals surface area contributed by atoms with Crippen LogP contribution in [0.3, 0.4) is 0 Å². The van der Waals surface area contributed by atoms with Gasteiger partial charge in [0.15, 0.2) is 11.5 Å². The highest BCUT2D eigenvalue weighted by molar-refractivity contribution is 5.87. The van der Waals surface area contributed by atoms with Gasteiger partial charge in [-0.2, -0.15) is 5.10 Å². The summed E-state index contributed by atoms with van der Waals surface area (Å²) in [5.41, 5.74) is 2.93. The molecule has 0 amide bonds. The monoisotopic (exact) mass is 236 g/mol. The van der Waals surface area contributed by atoms with Crippen LogP contribution in [-0.4, -0.2) is 40.6 Å². The molecule has 0 aromatic heterocycles. The predicted octanol–water partition coefficient (Wildman–Crippen LogP) is -0.314. The number of phenolic OH excluding ortho intramolecular Hbond substituents is 3. The molecule has 2 rings (SSSR count). The quantitative estimate of drug-likeness (QED) is 0.209. The van der Waals surface area contributed by atoms with E-state index in [0.29, 0.717) is 12.5 Å². The van der Waals surface area contributed by atoms with Gasteiger partial charge in [-0.1, -0.05) is 0 Å². The van der Waals surface area contributed by atoms with E-state index in [0.717, 1.165) is 12.6 Å². The standard InChI is InChI=1S/C10H12N4O3/c15-7-4-9(17)8(16)3-6(7)5-13-14-10-11-1-2-12-10/h3-5,15-17H,1-2H2,(H2,11,12,14)/b13-5+. The van der Waals surface area contributed by atoms with Crippen molar-refractivity contribution in [3.8, 4) is 17.2 Å². The summed E-state index contributed by atoms with van der Waals surface area (Å²) in [6.45, 7) is 1.46. The summed E-state index contributed by atoms with van der Waals surface area (Å²) >= 11 is 0. The molecule has 7 nitrogen and oxygen atoms in total. The Morgan fingerprint density at radius 2 is 2.00 bits per heavy atom. The predicted molar refractivity (Wildman–Crippen MR) is 62.5 cm³/mol. The van der Waals surface area contributed by atoms with Gasteiger partial charge in [0.1, 0.15) is 5.75 Å². The number of hydrazone groups is 1. The molecule has 1 heterocycles. The number of hydrogen-bond acceptors (Lipinski definition) is 7. The first-order valence-corrected chi connectivity index (χ1v) is 4.99. The minimum atomic E-state index is -0.380. The maximum Gasteiger partial charge on any atom is 0.212 e. The molecule has 0 bridgehead atoms. The number of guanidine groups is 1. The number of benzene rings is 1. The second-order valence-electron chi connectivity index (χ2n) is 3.43. The van der Waals surface area contributed by atoms with Gasteiger partial charge in [-0.05, 0) is 6.07 Å². The van der Waals surface area contributed by atoms with E-state index in [-0.39, 0.29) is 22.8 Å². The Morgan fingerprint density at radius 3 is 2.71 bits per heavy atom. The van der Waals surface area contributed by atoms with Crippen molar-refractivity contribution in [1.82, 2.24) is 10.7 Å². The van der Waals surface area contributed by atoms with Crippen LogP contribution in [0.4, 0.5) is 0 Å². The van der Waals surface area contributed by atoms with Crippen molar-refractivity contribution >= 4 is 12.2 Å². The van der Waals surface area contributed by atoms with Crippen molar-refractivity contribution in [2.75, 3.05) is 13.1 Å². The van der Waals surface area contributed by atoms with Crippen LogP contribution in [0.15, 0.2) is 22.2 Å². The molecule has 90 valence electrons. The average Bonchev–Trinajstić information content (AvgIpc) is 2.78. The summed E-state index contributed by atoms with van der Waals surface area (Å²) in [4.78, 5) is 4.05. The van der Waals surface area contributed by atoms with Gasteiger partial charge >= 0.3 is 0 Å². The largest absolute Gasteiger partial charge is 0.507 e. The maximum atomic E-state index is 9.47. The fourth-order valence-electron chi connectivity index (χ4n) is 1.32. The van der Waals surface area contributed by atoms with Crippen molar-refractivity contribution < 1.29 is 15.3 Å². The molecule has 17 heavy (non-hydrogen) atoms. The van der Waals surface area contributed by atoms with E-state index in [2.05, 4.69) is 20.8 Å². The Bertz CT molecular complexity index is 485. The lowest BCUT2D eigenvalue weighted by Crippen LogP contribution is -2.30. The van der Waals surface area contributed by atoms with Crippen LogP contribution in [0, 0.1) is 0 Å². The summed E-state index contributed by atoms with van der Waals surface area (Å²) in [6, 6.07) is 2.25. The van der Waals surface area contributed by atoms with Crippen molar-refractivity contribution in [2.24, 2.45) is 10.1 Å². The first kappa shape index (κ1) is 11.1. The Morgan fingerprint density at radius 1 is 1.24 bits per heavy atom. The van der Waals surface area contributed by atoms with E-state index in [1.807, 2.05) is 0 Å². The SMILES string of the molecule is Oc1cc(O)c(/C=N/NC2=NCCN2)cc1O. The second-order valence-corrected chi connectivity index (χ2v) is 3.43. The second kappa shape index (κ2) is 4.60. The Kier molecular flexibility index (Phi) is 2.99. The summed E-state index contributed by atoms with van der Waals surface area (Å²) in [5.74, 6) is -0.314. The van der Waals surface area contributed by atoms with Crippen LogP contribution in [0.25, 0.3) is 0 Å². The maximum absolute atomic E-state index is 9.47. The van der Waals surface area contributed by atoms with Crippen LogP contribution in [0.5, 0.6) is 17.2 Å². The molecule has 1 aliphatic rings. The van der Waals surface area contributed by atoms with E-state index in [1.165, 1.54) is 12.3 Å². The highest BCUT2D eigenvalue weighted by Gasteiger charge is 2.06. The molecule has 5 N–H and O–H groups in total. The fraction of sp³-hybridized carbons (Fsp3) is 0.200. The van der Waals surface area contributed by atoms with Crippen molar-refractivity contribution in [3.05, 3.63) is 17.7 Å². The number of aliphatic imine (C=N–C) groups is 1. The Balaban J connectivity index is 2.07. The summed E-state index contributed by atoms with van der Waals surface area (Å²) in [6.07, 6.45) is 1.32. The number of nitrogens with one attached hydrogen (secondary N) is 2. The molecular formula is C10H12N4O3. The first-order chi connectivity index (χ1) is 8.16. The lowest BCUT2D eigenvalue weighted by atomic mass is 10.2. The topological polar surface area (TPSA) is 109 Å². The zero-order valence-electron chi connectivity index (χ0n) is 8.88. The van der Waals surface area contributed by atoms with Gasteiger partial charge in [0, 0.05) is 18.2 Å². The smallest absolute Gasteiger partial charge is 0.212 e. The number of nitrogens with zero attached hydrogens (tertiary/aromatic N) is 2. The Hall–Kier alpha value is -2.44. The van der Waals surface area contributed by atoms with Gasteiger partial charge in [0.2, 0.25) is 5.96 Å². The third-order valence-electron chi connectivity index (χ3n) is 2.17. The van der Waals surface area contributed by atoms with Gasteiger partial charge in [0.25, 0.3) is 0 Å². The highest BCUT2D eigenvalue weighted by atomic mass is 16.3. The van der Waals surface area contributed by atoms with Crippen LogP contribution < -0.4 is 10.7 Å². The molecule has 0 saturated heterocycles. The summed E-state index contributed by atoms with van der Waals surface area (Å²) < 4.78 is 0. The van der Waals surface area contributed by atoms with E-state index in [1.54, 1.807) is 0 Å². The van der Waals surface area contributed by atoms with Crippen molar-refractivity contribution in [3.63, 3.8) is 0 Å². The van der Waals surface area contributed by atoms with Gasteiger partial charge in [0.05, 0.1) is 12.8 Å². The number of rotatable bonds is 2. The van der Waals surface area contributed by atoms with Crippen LogP contribution in [0.1, 0.15) is 5.56 Å². The van der Waals surface area contributed by atoms with Gasteiger partial charge in [-0.25, -0.2) is 10.4 Å². The van der Waals surface area contributed by atoms with Crippen molar-refractivity contribution in [1.29, 1.82) is 0 Å². The molecule has 1 aliphatic heterocycles. The van der Waals surface area contributed by atoms with Crippen LogP contribution in [-0.2, 0) is 0 Å². The minimum absolute atomic E-state index is 0.174. The first-order valence-electron chi connectivity index (χ1n) is 4.99. The fourth-order valence-corrected chi connectivity index (χ4v) is 1.32. The zero-order chi connectivity index (χ0) is 12.3. The third kappa shape index (κ3) is 2.57. The minimum Gasteiger partial charge on any atom is -0.507 e. The van der Waals surface area contributed by atoms with E-state index < -0.39 is 0 Å². The van der Waals surface area contributed by atoms with E-state index >= 15 is 0 Å². The number of aromatic hydroxyl groups is 3. The number of phenols is 3. The third-order valence-corrected chi connectivity index (χ3v) is 2.17. The van der Waals surface area contributed by atoms with Gasteiger partial charge in [-0.15, -0.1) is 0 Å². The lowest BCUT2D eigenvalue weighted by molar-refractivity contribution is 0.396. The lowest BCUT2D eigenvalue weighted by Gasteiger charge is -2.03. The van der Waals surface area contributed by atoms with Gasteiger partial charge < -0.3 is 20.6 Å². The molecule has 0 spiro atoms. The average molecular weight is 236 g/mol. The van der Waals surface area contributed by atoms with E-state index in [9.17, 15) is 10.2 Å². The van der Waals surface area contributed by atoms with Crippen molar-refractivity contribution in [2.45, 2.75) is 0 Å². The molecule has 0 aliphatic carbocycles. The normalized spacial score (nSPS) is 14.7. The van der Waals surface area contributed by atoms with Gasteiger partial charge in [-0.3, -0.25) is 0 Å². The molecular weight excluding hydrogens is 224 g/mol. The zero-order valence-corrected chi connectivity index (χ0v) is 8.88. The molecule has 0 fully saturated rings. The Labute approximate surface area is 97.1 Å². The van der Waals surface area contributed by atoms with E-state index in [4.69, 9.17) is 5.11 Å².